The van der Waals surface area contributed by atoms with Gasteiger partial charge in [0.25, 0.3) is 11.8 Å². The summed E-state index contributed by atoms with van der Waals surface area (Å²) in [6, 6.07) is 9.44. The maximum Gasteiger partial charge on any atom is 0.258 e. The van der Waals surface area contributed by atoms with Gasteiger partial charge in [-0.3, -0.25) is 9.59 Å². The fourth-order valence-electron chi connectivity index (χ4n) is 2.48. The summed E-state index contributed by atoms with van der Waals surface area (Å²) >= 11 is 5.58. The first kappa shape index (κ1) is 24.4. The first-order valence-corrected chi connectivity index (χ1v) is 10.1. The molecule has 0 heterocycles. The van der Waals surface area contributed by atoms with Gasteiger partial charge in [-0.2, -0.15) is 0 Å². The number of benzene rings is 2. The fraction of sp³-hybridized carbons (Fsp3) is 0.364. The lowest BCUT2D eigenvalue weighted by Gasteiger charge is -2.13. The molecule has 3 N–H and O–H groups in total. The van der Waals surface area contributed by atoms with Gasteiger partial charge in [-0.25, -0.2) is 4.39 Å². The SMILES string of the molecule is Cc1ccc(OCC(=O)NC[C@@H](O)CCNC(=O)COc2ccc(Cl)c(F)c2)cc1C. The highest BCUT2D eigenvalue weighted by molar-refractivity contribution is 6.30. The lowest BCUT2D eigenvalue weighted by Crippen LogP contribution is -2.37. The second-order valence-corrected chi connectivity index (χ2v) is 7.40. The molecule has 168 valence electrons. The Balaban J connectivity index is 1.57. The van der Waals surface area contributed by atoms with E-state index in [1.807, 2.05) is 26.0 Å². The number of halogens is 2. The van der Waals surface area contributed by atoms with Crippen LogP contribution in [0.3, 0.4) is 0 Å². The minimum atomic E-state index is -0.836. The molecule has 0 bridgehead atoms. The summed E-state index contributed by atoms with van der Waals surface area (Å²) in [4.78, 5) is 23.6. The van der Waals surface area contributed by atoms with Gasteiger partial charge in [0, 0.05) is 19.2 Å². The summed E-state index contributed by atoms with van der Waals surface area (Å²) in [6.07, 6.45) is -0.600. The van der Waals surface area contributed by atoms with E-state index < -0.39 is 17.8 Å². The molecule has 31 heavy (non-hydrogen) atoms. The molecule has 0 saturated carbocycles. The van der Waals surface area contributed by atoms with E-state index in [-0.39, 0.29) is 49.4 Å². The van der Waals surface area contributed by atoms with Crippen molar-refractivity contribution in [1.82, 2.24) is 10.6 Å². The van der Waals surface area contributed by atoms with Gasteiger partial charge in [0.1, 0.15) is 17.3 Å². The number of nitrogens with one attached hydrogen (secondary N) is 2. The van der Waals surface area contributed by atoms with E-state index in [1.54, 1.807) is 6.07 Å². The van der Waals surface area contributed by atoms with E-state index in [0.717, 1.165) is 17.2 Å². The third-order valence-corrected chi connectivity index (χ3v) is 4.75. The lowest BCUT2D eigenvalue weighted by atomic mass is 10.1. The van der Waals surface area contributed by atoms with Crippen LogP contribution in [0.2, 0.25) is 5.02 Å². The molecule has 1 atom stereocenters. The average molecular weight is 453 g/mol. The number of aryl methyl sites for hydroxylation is 2. The van der Waals surface area contributed by atoms with Gasteiger partial charge < -0.3 is 25.2 Å². The van der Waals surface area contributed by atoms with Crippen molar-refractivity contribution in [2.75, 3.05) is 26.3 Å². The molecule has 2 amide bonds. The maximum absolute atomic E-state index is 13.3. The lowest BCUT2D eigenvalue weighted by molar-refractivity contribution is -0.124. The molecule has 0 aromatic heterocycles. The Hall–Kier alpha value is -2.84. The molecule has 2 rings (SSSR count). The highest BCUT2D eigenvalue weighted by Gasteiger charge is 2.10. The predicted octanol–water partition coefficient (Wildman–Crippen LogP) is 2.54. The van der Waals surface area contributed by atoms with Crippen LogP contribution in [0.5, 0.6) is 11.5 Å². The van der Waals surface area contributed by atoms with Crippen molar-refractivity contribution in [3.8, 4) is 11.5 Å². The number of amides is 2. The topological polar surface area (TPSA) is 96.9 Å². The molecule has 0 radical (unpaired) electrons. The molecule has 9 heteroatoms. The van der Waals surface area contributed by atoms with Crippen molar-refractivity contribution in [2.45, 2.75) is 26.4 Å². The van der Waals surface area contributed by atoms with Gasteiger partial charge in [-0.1, -0.05) is 17.7 Å². The third kappa shape index (κ3) is 8.82. The second kappa shape index (κ2) is 12.1. The van der Waals surface area contributed by atoms with Crippen LogP contribution in [0.15, 0.2) is 36.4 Å². The molecule has 0 aliphatic carbocycles. The summed E-state index contributed by atoms with van der Waals surface area (Å²) in [6.45, 7) is 3.71. The number of aliphatic hydroxyl groups excluding tert-OH is 1. The van der Waals surface area contributed by atoms with E-state index in [9.17, 15) is 19.1 Å². The predicted molar refractivity (Wildman–Crippen MR) is 115 cm³/mol. The molecule has 0 aliphatic rings. The van der Waals surface area contributed by atoms with Crippen molar-refractivity contribution in [2.24, 2.45) is 0 Å². The second-order valence-electron chi connectivity index (χ2n) is 7.00. The molecular formula is C22H26ClFN2O5. The number of hydrogen-bond acceptors (Lipinski definition) is 5. The molecule has 0 fully saturated rings. The molecular weight excluding hydrogens is 427 g/mol. The van der Waals surface area contributed by atoms with E-state index >= 15 is 0 Å². The van der Waals surface area contributed by atoms with E-state index in [4.69, 9.17) is 21.1 Å². The Labute approximate surface area is 185 Å². The first-order chi connectivity index (χ1) is 14.7. The maximum atomic E-state index is 13.3. The van der Waals surface area contributed by atoms with Crippen LogP contribution in [0, 0.1) is 19.7 Å². The summed E-state index contributed by atoms with van der Waals surface area (Å²) in [7, 11) is 0. The van der Waals surface area contributed by atoms with Crippen LogP contribution in [0.25, 0.3) is 0 Å². The Morgan fingerprint density at radius 3 is 2.26 bits per heavy atom. The molecule has 7 nitrogen and oxygen atoms in total. The van der Waals surface area contributed by atoms with E-state index in [1.165, 1.54) is 12.1 Å². The Bertz CT molecular complexity index is 909. The summed E-state index contributed by atoms with van der Waals surface area (Å²) in [5, 5.41) is 15.1. The van der Waals surface area contributed by atoms with Gasteiger partial charge in [0.05, 0.1) is 11.1 Å². The Morgan fingerprint density at radius 2 is 1.61 bits per heavy atom. The van der Waals surface area contributed by atoms with Crippen LogP contribution >= 0.6 is 11.6 Å². The minimum Gasteiger partial charge on any atom is -0.484 e. The third-order valence-electron chi connectivity index (χ3n) is 4.44. The molecule has 0 unspecified atom stereocenters. The Kier molecular flexibility index (Phi) is 9.55. The normalized spacial score (nSPS) is 11.5. The smallest absolute Gasteiger partial charge is 0.258 e. The zero-order valence-corrected chi connectivity index (χ0v) is 18.2. The number of carbonyl (C=O) groups excluding carboxylic acids is 2. The number of hydrogen-bond donors (Lipinski definition) is 3. The van der Waals surface area contributed by atoms with Gasteiger partial charge in [-0.15, -0.1) is 0 Å². The first-order valence-electron chi connectivity index (χ1n) is 9.74. The number of rotatable bonds is 11. The molecule has 0 aliphatic heterocycles. The van der Waals surface area contributed by atoms with Gasteiger partial charge in [0.2, 0.25) is 0 Å². The molecule has 2 aromatic carbocycles. The summed E-state index contributed by atoms with van der Waals surface area (Å²) in [5.74, 6) is -0.629. The molecule has 0 saturated heterocycles. The van der Waals surface area contributed by atoms with Gasteiger partial charge in [0.15, 0.2) is 13.2 Å². The largest absolute Gasteiger partial charge is 0.484 e. The summed E-state index contributed by atoms with van der Waals surface area (Å²) in [5.41, 5.74) is 2.21. The standard InChI is InChI=1S/C22H26ClFN2O5/c1-14-3-4-17(9-15(14)2)30-13-22(29)26-11-16(27)7-8-25-21(28)12-31-18-5-6-19(23)20(24)10-18/h3-6,9-10,16,27H,7-8,11-13H2,1-2H3,(H,25,28)(H,26,29)/t16-/m0/s1. The average Bonchev–Trinajstić information content (AvgIpc) is 2.74. The van der Waals surface area contributed by atoms with Gasteiger partial charge >= 0.3 is 0 Å². The van der Waals surface area contributed by atoms with Crippen molar-refractivity contribution in [1.29, 1.82) is 0 Å². The highest BCUT2D eigenvalue weighted by Crippen LogP contribution is 2.20. The van der Waals surface area contributed by atoms with Crippen molar-refractivity contribution in [3.05, 3.63) is 58.4 Å². The van der Waals surface area contributed by atoms with E-state index in [0.29, 0.717) is 5.75 Å². The Morgan fingerprint density at radius 1 is 1.00 bits per heavy atom. The zero-order valence-electron chi connectivity index (χ0n) is 17.4. The summed E-state index contributed by atoms with van der Waals surface area (Å²) < 4.78 is 23.9. The van der Waals surface area contributed by atoms with Crippen LogP contribution in [-0.4, -0.2) is 49.3 Å². The van der Waals surface area contributed by atoms with E-state index in [2.05, 4.69) is 10.6 Å². The van der Waals surface area contributed by atoms with Crippen molar-refractivity contribution in [3.63, 3.8) is 0 Å². The molecule has 2 aromatic rings. The quantitative estimate of drug-likeness (QED) is 0.487. The fourth-order valence-corrected chi connectivity index (χ4v) is 2.60. The van der Waals surface area contributed by atoms with Crippen LogP contribution in [0.1, 0.15) is 17.5 Å². The van der Waals surface area contributed by atoms with Gasteiger partial charge in [-0.05, 0) is 55.7 Å². The highest BCUT2D eigenvalue weighted by atomic mass is 35.5. The van der Waals surface area contributed by atoms with Crippen molar-refractivity contribution >= 4 is 23.4 Å². The number of carbonyl (C=O) groups is 2. The minimum absolute atomic E-state index is 0.0327. The van der Waals surface area contributed by atoms with Crippen LogP contribution < -0.4 is 20.1 Å². The zero-order chi connectivity index (χ0) is 22.8. The monoisotopic (exact) mass is 452 g/mol. The number of aliphatic hydroxyl groups is 1. The number of ether oxygens (including phenoxy) is 2. The van der Waals surface area contributed by atoms with Crippen LogP contribution in [0.4, 0.5) is 4.39 Å². The molecule has 0 spiro atoms. The van der Waals surface area contributed by atoms with Crippen LogP contribution in [-0.2, 0) is 9.59 Å². The van der Waals surface area contributed by atoms with Crippen molar-refractivity contribution < 1.29 is 28.6 Å².